The molecule has 3 heterocycles. The molecule has 1 aliphatic rings. The molecule has 0 amide bonds. The van der Waals surface area contributed by atoms with Crippen LogP contribution in [0.5, 0.6) is 0 Å². The average Bonchev–Trinajstić information content (AvgIpc) is 2.73. The molecule has 0 radical (unpaired) electrons. The third kappa shape index (κ3) is 6.33. The van der Waals surface area contributed by atoms with Crippen molar-refractivity contribution in [2.24, 2.45) is 4.99 Å². The van der Waals surface area contributed by atoms with Gasteiger partial charge in [-0.3, -0.25) is 5.32 Å². The Morgan fingerprint density at radius 2 is 1.90 bits per heavy atom. The molecule has 1 fully saturated rings. The predicted octanol–water partition coefficient (Wildman–Crippen LogP) is 1.60. The van der Waals surface area contributed by atoms with Crippen LogP contribution >= 0.6 is 12.2 Å². The predicted molar refractivity (Wildman–Crippen MR) is 123 cm³/mol. The molecule has 1 aliphatic heterocycles. The van der Waals surface area contributed by atoms with Crippen molar-refractivity contribution in [3.63, 3.8) is 0 Å². The number of hydrogen-bond donors (Lipinski definition) is 2. The summed E-state index contributed by atoms with van der Waals surface area (Å²) in [5, 5.41) is 6.75. The van der Waals surface area contributed by atoms with Gasteiger partial charge in [-0.1, -0.05) is 6.07 Å². The van der Waals surface area contributed by atoms with Gasteiger partial charge in [-0.15, -0.1) is 0 Å². The van der Waals surface area contributed by atoms with E-state index >= 15 is 0 Å². The van der Waals surface area contributed by atoms with Gasteiger partial charge in [0, 0.05) is 57.4 Å². The van der Waals surface area contributed by atoms with Gasteiger partial charge in [-0.2, -0.15) is 4.99 Å². The normalized spacial score (nSPS) is 14.6. The Kier molecular flexibility index (Phi) is 7.86. The van der Waals surface area contributed by atoms with E-state index < -0.39 is 0 Å². The summed E-state index contributed by atoms with van der Waals surface area (Å²) in [5.74, 6) is 2.13. The highest BCUT2D eigenvalue weighted by molar-refractivity contribution is 7.80. The molecular formula is C20H28N8OS. The van der Waals surface area contributed by atoms with E-state index in [0.29, 0.717) is 30.2 Å². The summed E-state index contributed by atoms with van der Waals surface area (Å²) in [6.45, 7) is 8.24. The van der Waals surface area contributed by atoms with Crippen LogP contribution in [0.2, 0.25) is 0 Å². The highest BCUT2D eigenvalue weighted by atomic mass is 32.1. The number of pyridine rings is 1. The van der Waals surface area contributed by atoms with Gasteiger partial charge in [0.05, 0.1) is 6.61 Å². The number of guanidine groups is 1. The molecule has 2 N–H and O–H groups in total. The smallest absolute Gasteiger partial charge is 0.229 e. The van der Waals surface area contributed by atoms with E-state index in [-0.39, 0.29) is 0 Å². The van der Waals surface area contributed by atoms with E-state index in [9.17, 15) is 0 Å². The molecule has 0 saturated carbocycles. The molecule has 30 heavy (non-hydrogen) atoms. The lowest BCUT2D eigenvalue weighted by Crippen LogP contribution is -2.51. The summed E-state index contributed by atoms with van der Waals surface area (Å²) in [7, 11) is 1.65. The zero-order chi connectivity index (χ0) is 21.3. The number of aliphatic imine (C=N–C) groups is 1. The number of anilines is 2. The first-order valence-corrected chi connectivity index (χ1v) is 10.3. The zero-order valence-corrected chi connectivity index (χ0v) is 18.4. The Labute approximate surface area is 182 Å². The average molecular weight is 429 g/mol. The van der Waals surface area contributed by atoms with Crippen LogP contribution in [0.3, 0.4) is 0 Å². The van der Waals surface area contributed by atoms with Crippen LogP contribution in [0.25, 0.3) is 0 Å². The molecule has 10 heteroatoms. The van der Waals surface area contributed by atoms with Crippen molar-refractivity contribution in [2.75, 3.05) is 56.7 Å². The molecule has 160 valence electrons. The molecule has 9 nitrogen and oxygen atoms in total. The Morgan fingerprint density at radius 3 is 2.53 bits per heavy atom. The van der Waals surface area contributed by atoms with E-state index in [0.717, 1.165) is 43.4 Å². The molecule has 0 unspecified atom stereocenters. The van der Waals surface area contributed by atoms with E-state index in [4.69, 9.17) is 17.0 Å². The maximum atomic E-state index is 5.40. The Balaban J connectivity index is 1.73. The molecule has 2 aromatic rings. The fraction of sp³-hybridized carbons (Fsp3) is 0.450. The van der Waals surface area contributed by atoms with Gasteiger partial charge in [-0.25, -0.2) is 15.0 Å². The number of aryl methyl sites for hydroxylation is 2. The van der Waals surface area contributed by atoms with Crippen molar-refractivity contribution in [1.29, 1.82) is 0 Å². The molecule has 0 aromatic carbocycles. The first-order chi connectivity index (χ1) is 14.5. The van der Waals surface area contributed by atoms with E-state index in [1.165, 1.54) is 0 Å². The Hall–Kier alpha value is -2.85. The van der Waals surface area contributed by atoms with Crippen molar-refractivity contribution < 1.29 is 4.74 Å². The Morgan fingerprint density at radius 1 is 1.17 bits per heavy atom. The molecule has 1 saturated heterocycles. The minimum absolute atomic E-state index is 0.395. The van der Waals surface area contributed by atoms with Gasteiger partial charge in [0.15, 0.2) is 5.11 Å². The quantitative estimate of drug-likeness (QED) is 0.319. The van der Waals surface area contributed by atoms with Gasteiger partial charge < -0.3 is 19.9 Å². The number of hydrogen-bond acceptors (Lipinski definition) is 6. The lowest BCUT2D eigenvalue weighted by Gasteiger charge is -2.36. The lowest BCUT2D eigenvalue weighted by atomic mass is 10.3. The number of nitrogens with zero attached hydrogens (tertiary/aromatic N) is 6. The molecule has 0 spiro atoms. The standard InChI is InChI=1S/C20H28N8OS/c1-15-14-16(2)24-18(23-15)25-19(26-20(30)22-8-13-29-3)28-11-9-27(10-12-28)17-6-4-5-7-21-17/h4-7,14H,8-13H2,1-3H3,(H2,22,23,24,25,26,30). The van der Waals surface area contributed by atoms with E-state index in [1.54, 1.807) is 7.11 Å². The lowest BCUT2D eigenvalue weighted by molar-refractivity contribution is 0.204. The van der Waals surface area contributed by atoms with Crippen LogP contribution in [-0.2, 0) is 4.74 Å². The number of ether oxygens (including phenoxy) is 1. The van der Waals surface area contributed by atoms with E-state index in [1.807, 2.05) is 44.3 Å². The van der Waals surface area contributed by atoms with Crippen molar-refractivity contribution >= 4 is 35.1 Å². The second-order valence-electron chi connectivity index (χ2n) is 6.92. The van der Waals surface area contributed by atoms with Crippen LogP contribution in [0.4, 0.5) is 11.8 Å². The highest BCUT2D eigenvalue weighted by Crippen LogP contribution is 2.14. The summed E-state index contributed by atoms with van der Waals surface area (Å²) in [6, 6.07) is 7.90. The van der Waals surface area contributed by atoms with Crippen LogP contribution in [-0.4, -0.2) is 77.4 Å². The van der Waals surface area contributed by atoms with Crippen LogP contribution in [0, 0.1) is 13.8 Å². The molecule has 0 atom stereocenters. The molecule has 0 aliphatic carbocycles. The first kappa shape index (κ1) is 21.8. The molecule has 0 bridgehead atoms. The Bertz CT molecular complexity index is 848. The number of thiocarbonyl (C=S) groups is 1. The number of nitrogens with one attached hydrogen (secondary N) is 2. The number of rotatable bonds is 5. The fourth-order valence-corrected chi connectivity index (χ4v) is 3.33. The van der Waals surface area contributed by atoms with Crippen LogP contribution in [0.1, 0.15) is 11.4 Å². The summed E-state index contributed by atoms with van der Waals surface area (Å²) >= 11 is 5.40. The molecule has 3 rings (SSSR count). The van der Waals surface area contributed by atoms with Crippen molar-refractivity contribution in [3.8, 4) is 0 Å². The van der Waals surface area contributed by atoms with E-state index in [2.05, 4.69) is 40.4 Å². The maximum Gasteiger partial charge on any atom is 0.229 e. The number of methoxy groups -OCH3 is 1. The monoisotopic (exact) mass is 428 g/mol. The van der Waals surface area contributed by atoms with Gasteiger partial charge in [0.2, 0.25) is 11.9 Å². The van der Waals surface area contributed by atoms with Crippen molar-refractivity contribution in [3.05, 3.63) is 41.9 Å². The summed E-state index contributed by atoms with van der Waals surface area (Å²) in [4.78, 5) is 22.4. The second-order valence-corrected chi connectivity index (χ2v) is 7.31. The van der Waals surface area contributed by atoms with Gasteiger partial charge >= 0.3 is 0 Å². The number of aromatic nitrogens is 3. The van der Waals surface area contributed by atoms with Crippen LogP contribution < -0.4 is 15.5 Å². The first-order valence-electron chi connectivity index (χ1n) is 9.91. The van der Waals surface area contributed by atoms with Crippen molar-refractivity contribution in [2.45, 2.75) is 13.8 Å². The molecule has 2 aromatic heterocycles. The zero-order valence-electron chi connectivity index (χ0n) is 17.6. The summed E-state index contributed by atoms with van der Waals surface area (Å²) < 4.78 is 5.06. The van der Waals surface area contributed by atoms with Crippen LogP contribution in [0.15, 0.2) is 35.5 Å². The fourth-order valence-electron chi connectivity index (χ4n) is 3.14. The van der Waals surface area contributed by atoms with Gasteiger partial charge in [-0.05, 0) is 44.3 Å². The van der Waals surface area contributed by atoms with Gasteiger partial charge in [0.25, 0.3) is 0 Å². The summed E-state index contributed by atoms with van der Waals surface area (Å²) in [6.07, 6.45) is 1.82. The highest BCUT2D eigenvalue weighted by Gasteiger charge is 2.22. The SMILES string of the molecule is COCCNC(=S)/N=C(/Nc1nc(C)cc(C)n1)N1CCN(c2ccccn2)CC1. The second kappa shape index (κ2) is 10.8. The third-order valence-electron chi connectivity index (χ3n) is 4.55. The largest absolute Gasteiger partial charge is 0.383 e. The van der Waals surface area contributed by atoms with Crippen molar-refractivity contribution in [1.82, 2.24) is 25.2 Å². The summed E-state index contributed by atoms with van der Waals surface area (Å²) in [5.41, 5.74) is 1.79. The minimum atomic E-state index is 0.395. The maximum absolute atomic E-state index is 5.40. The third-order valence-corrected chi connectivity index (χ3v) is 4.78. The topological polar surface area (TPSA) is 90.8 Å². The van der Waals surface area contributed by atoms with Gasteiger partial charge in [0.1, 0.15) is 5.82 Å². The number of piperazine rings is 1. The molecular weight excluding hydrogens is 400 g/mol. The minimum Gasteiger partial charge on any atom is -0.383 e.